The third-order valence-electron chi connectivity index (χ3n) is 3.22. The average Bonchev–Trinajstić information content (AvgIpc) is 2.24. The summed E-state index contributed by atoms with van der Waals surface area (Å²) in [5, 5.41) is 0.866. The molecule has 1 heterocycles. The van der Waals surface area contributed by atoms with Gasteiger partial charge in [0.05, 0.1) is 0 Å². The Bertz CT molecular complexity index is 630. The van der Waals surface area contributed by atoms with Gasteiger partial charge in [0.1, 0.15) is 0 Å². The molecule has 1 nitrogen and oxygen atoms in total. The molecular formula is C15H18OS. The molecule has 2 rings (SSSR count). The van der Waals surface area contributed by atoms with Crippen LogP contribution in [0.3, 0.4) is 0 Å². The molecule has 0 atom stereocenters. The van der Waals surface area contributed by atoms with Crippen molar-refractivity contribution in [2.24, 2.45) is 0 Å². The maximum Gasteiger partial charge on any atom is 0.191 e. The lowest BCUT2D eigenvalue weighted by atomic mass is 9.86. The highest BCUT2D eigenvalue weighted by atomic mass is 32.1. The first kappa shape index (κ1) is 12.3. The normalized spacial score (nSPS) is 12.1. The fraction of sp³-hybridized carbons (Fsp3) is 0.400. The maximum absolute atomic E-state index is 12.2. The Hall–Kier alpha value is -1.15. The van der Waals surface area contributed by atoms with E-state index in [0.29, 0.717) is 0 Å². The quantitative estimate of drug-likeness (QED) is 0.681. The topological polar surface area (TPSA) is 17.1 Å². The highest BCUT2D eigenvalue weighted by molar-refractivity contribution is 7.18. The molecule has 0 aliphatic carbocycles. The molecule has 0 radical (unpaired) electrons. The highest BCUT2D eigenvalue weighted by Crippen LogP contribution is 2.27. The predicted molar refractivity (Wildman–Crippen MR) is 76.3 cm³/mol. The summed E-state index contributed by atoms with van der Waals surface area (Å²) in [7, 11) is 0. The Morgan fingerprint density at radius 1 is 1.12 bits per heavy atom. The Kier molecular flexibility index (Phi) is 2.86. The molecule has 0 amide bonds. The standard InChI is InChI=1S/C15H18OS/c1-9-10(2)17-13-7-6-11(15(3,4)5)8-12(13)14(9)16/h6-8H,1-5H3. The number of hydrogen-bond acceptors (Lipinski definition) is 2. The first-order chi connectivity index (χ1) is 7.80. The molecule has 0 aliphatic rings. The molecule has 17 heavy (non-hydrogen) atoms. The molecule has 0 unspecified atom stereocenters. The van der Waals surface area contributed by atoms with Gasteiger partial charge in [-0.3, -0.25) is 4.79 Å². The van der Waals surface area contributed by atoms with Gasteiger partial charge in [-0.25, -0.2) is 0 Å². The summed E-state index contributed by atoms with van der Waals surface area (Å²) in [4.78, 5) is 13.4. The number of fused-ring (bicyclic) bond motifs is 1. The first-order valence-electron chi connectivity index (χ1n) is 5.85. The van der Waals surface area contributed by atoms with Crippen molar-refractivity contribution in [2.75, 3.05) is 0 Å². The van der Waals surface area contributed by atoms with Crippen LogP contribution >= 0.6 is 11.3 Å². The lowest BCUT2D eigenvalue weighted by molar-refractivity contribution is 0.591. The zero-order chi connectivity index (χ0) is 12.8. The van der Waals surface area contributed by atoms with Gasteiger partial charge in [-0.15, -0.1) is 11.3 Å². The van der Waals surface area contributed by atoms with Crippen LogP contribution in [-0.2, 0) is 5.41 Å². The van der Waals surface area contributed by atoms with Gasteiger partial charge in [0.15, 0.2) is 5.43 Å². The molecular weight excluding hydrogens is 228 g/mol. The van der Waals surface area contributed by atoms with Crippen molar-refractivity contribution < 1.29 is 0 Å². The van der Waals surface area contributed by atoms with E-state index >= 15 is 0 Å². The van der Waals surface area contributed by atoms with Crippen LogP contribution in [-0.4, -0.2) is 0 Å². The Labute approximate surface area is 106 Å². The monoisotopic (exact) mass is 246 g/mol. The van der Waals surface area contributed by atoms with Crippen LogP contribution in [0.1, 0.15) is 36.8 Å². The van der Waals surface area contributed by atoms with Crippen LogP contribution in [0.4, 0.5) is 0 Å². The van der Waals surface area contributed by atoms with Crippen molar-refractivity contribution in [3.63, 3.8) is 0 Å². The molecule has 0 aliphatic heterocycles. The fourth-order valence-electron chi connectivity index (χ4n) is 1.87. The van der Waals surface area contributed by atoms with Gasteiger partial charge < -0.3 is 0 Å². The zero-order valence-corrected chi connectivity index (χ0v) is 11.9. The van der Waals surface area contributed by atoms with Crippen molar-refractivity contribution in [2.45, 2.75) is 40.0 Å². The molecule has 0 saturated heterocycles. The summed E-state index contributed by atoms with van der Waals surface area (Å²) in [6.07, 6.45) is 0. The van der Waals surface area contributed by atoms with E-state index in [0.717, 1.165) is 20.5 Å². The maximum atomic E-state index is 12.2. The molecule has 0 N–H and O–H groups in total. The van der Waals surface area contributed by atoms with E-state index in [-0.39, 0.29) is 10.8 Å². The number of hydrogen-bond donors (Lipinski definition) is 0. The summed E-state index contributed by atoms with van der Waals surface area (Å²) < 4.78 is 1.09. The zero-order valence-electron chi connectivity index (χ0n) is 11.0. The average molecular weight is 246 g/mol. The van der Waals surface area contributed by atoms with Crippen LogP contribution < -0.4 is 5.43 Å². The van der Waals surface area contributed by atoms with Crippen molar-refractivity contribution in [3.05, 3.63) is 44.4 Å². The summed E-state index contributed by atoms with van der Waals surface area (Å²) in [5.41, 5.74) is 2.37. The van der Waals surface area contributed by atoms with Crippen LogP contribution in [0.5, 0.6) is 0 Å². The molecule has 0 fully saturated rings. The largest absolute Gasteiger partial charge is 0.289 e. The minimum Gasteiger partial charge on any atom is -0.289 e. The smallest absolute Gasteiger partial charge is 0.191 e. The second-order valence-corrected chi connectivity index (χ2v) is 6.83. The second kappa shape index (κ2) is 3.95. The molecule has 1 aromatic carbocycles. The van der Waals surface area contributed by atoms with Gasteiger partial charge in [-0.05, 0) is 37.0 Å². The van der Waals surface area contributed by atoms with Crippen molar-refractivity contribution >= 4 is 21.4 Å². The molecule has 2 aromatic rings. The van der Waals surface area contributed by atoms with E-state index in [1.54, 1.807) is 11.3 Å². The number of aryl methyl sites for hydroxylation is 1. The van der Waals surface area contributed by atoms with Gasteiger partial charge in [0.2, 0.25) is 0 Å². The molecule has 0 bridgehead atoms. The molecule has 90 valence electrons. The van der Waals surface area contributed by atoms with Gasteiger partial charge >= 0.3 is 0 Å². The van der Waals surface area contributed by atoms with Crippen molar-refractivity contribution in [3.8, 4) is 0 Å². The summed E-state index contributed by atoms with van der Waals surface area (Å²) in [6, 6.07) is 6.27. The Morgan fingerprint density at radius 2 is 1.76 bits per heavy atom. The summed E-state index contributed by atoms with van der Waals surface area (Å²) in [5.74, 6) is 0. The number of benzene rings is 1. The van der Waals surface area contributed by atoms with Gasteiger partial charge in [0.25, 0.3) is 0 Å². The van der Waals surface area contributed by atoms with Gasteiger partial charge in [-0.1, -0.05) is 26.8 Å². The van der Waals surface area contributed by atoms with E-state index in [1.165, 1.54) is 5.56 Å². The van der Waals surface area contributed by atoms with Crippen LogP contribution in [0, 0.1) is 13.8 Å². The van der Waals surface area contributed by atoms with Crippen LogP contribution in [0.15, 0.2) is 23.0 Å². The molecule has 2 heteroatoms. The Balaban J connectivity index is 2.83. The Morgan fingerprint density at radius 3 is 2.35 bits per heavy atom. The highest BCUT2D eigenvalue weighted by Gasteiger charge is 2.15. The van der Waals surface area contributed by atoms with Gasteiger partial charge in [0, 0.05) is 20.5 Å². The molecule has 1 aromatic heterocycles. The van der Waals surface area contributed by atoms with E-state index in [9.17, 15) is 4.79 Å². The lowest BCUT2D eigenvalue weighted by Crippen LogP contribution is -2.13. The van der Waals surface area contributed by atoms with E-state index in [1.807, 2.05) is 13.8 Å². The third kappa shape index (κ3) is 2.14. The van der Waals surface area contributed by atoms with E-state index < -0.39 is 0 Å². The van der Waals surface area contributed by atoms with Crippen LogP contribution in [0.2, 0.25) is 0 Å². The predicted octanol–water partition coefficient (Wildman–Crippen LogP) is 4.18. The van der Waals surface area contributed by atoms with Crippen molar-refractivity contribution in [1.82, 2.24) is 0 Å². The third-order valence-corrected chi connectivity index (χ3v) is 4.41. The van der Waals surface area contributed by atoms with Crippen molar-refractivity contribution in [1.29, 1.82) is 0 Å². The van der Waals surface area contributed by atoms with E-state index in [2.05, 4.69) is 39.0 Å². The minimum absolute atomic E-state index is 0.0874. The summed E-state index contributed by atoms with van der Waals surface area (Å²) in [6.45, 7) is 10.4. The van der Waals surface area contributed by atoms with Crippen LogP contribution in [0.25, 0.3) is 10.1 Å². The molecule has 0 spiro atoms. The van der Waals surface area contributed by atoms with Gasteiger partial charge in [-0.2, -0.15) is 0 Å². The summed E-state index contributed by atoms with van der Waals surface area (Å²) >= 11 is 1.70. The molecule has 0 saturated carbocycles. The minimum atomic E-state index is 0.0874. The second-order valence-electron chi connectivity index (χ2n) is 5.57. The first-order valence-corrected chi connectivity index (χ1v) is 6.67. The fourth-order valence-corrected chi connectivity index (χ4v) is 2.84. The lowest BCUT2D eigenvalue weighted by Gasteiger charge is -2.19. The van der Waals surface area contributed by atoms with E-state index in [4.69, 9.17) is 0 Å². The SMILES string of the molecule is Cc1sc2ccc(C(C)(C)C)cc2c(=O)c1C. The number of rotatable bonds is 0.